The number of halogens is 1. The fraction of sp³-hybridized carbons (Fsp3) is 0.125. The molecular weight excluding hydrogens is 203 g/mol. The first-order valence-corrected chi connectivity index (χ1v) is 3.70. The molecule has 0 amide bonds. The van der Waals surface area contributed by atoms with E-state index < -0.39 is 11.7 Å². The minimum Gasteiger partial charge on any atom is -0.526 e. The van der Waals surface area contributed by atoms with E-state index in [1.807, 2.05) is 0 Å². The molecule has 0 N–H and O–H groups in total. The van der Waals surface area contributed by atoms with Crippen molar-refractivity contribution in [2.24, 2.45) is 0 Å². The Hall–Kier alpha value is -0.220. The van der Waals surface area contributed by atoms with E-state index in [1.165, 1.54) is 0 Å². The first kappa shape index (κ1) is 12.8. The molecular formula is C8H6ClNaO3. The molecule has 1 rings (SSSR count). The third-order valence-corrected chi connectivity index (χ3v) is 1.60. The van der Waals surface area contributed by atoms with Gasteiger partial charge in [-0.3, -0.25) is 0 Å². The Morgan fingerprint density at radius 2 is 1.92 bits per heavy atom. The van der Waals surface area contributed by atoms with Crippen molar-refractivity contribution in [3.8, 4) is 0 Å². The van der Waals surface area contributed by atoms with E-state index in [0.29, 0.717) is 5.56 Å². The van der Waals surface area contributed by atoms with Crippen molar-refractivity contribution < 1.29 is 44.2 Å². The predicted molar refractivity (Wildman–Crippen MR) is 41.5 cm³/mol. The van der Waals surface area contributed by atoms with Gasteiger partial charge in [0.1, 0.15) is 5.56 Å². The Morgan fingerprint density at radius 3 is 2.38 bits per heavy atom. The van der Waals surface area contributed by atoms with E-state index in [-0.39, 0.29) is 29.6 Å². The third kappa shape index (κ3) is 4.52. The van der Waals surface area contributed by atoms with Gasteiger partial charge in [0.15, 0.2) is 0 Å². The van der Waals surface area contributed by atoms with Crippen LogP contribution < -0.4 is 34.7 Å². The maximum Gasteiger partial charge on any atom is 1.00 e. The number of ether oxygens (including phenoxy) is 1. The first-order chi connectivity index (χ1) is 5.70. The van der Waals surface area contributed by atoms with E-state index in [0.717, 1.165) is 0 Å². The number of hydrogen-bond donors (Lipinski definition) is 0. The van der Waals surface area contributed by atoms with Gasteiger partial charge in [-0.05, 0) is 5.56 Å². The Kier molecular flexibility index (Phi) is 6.16. The summed E-state index contributed by atoms with van der Waals surface area (Å²) in [5.74, 6) is 0. The Balaban J connectivity index is 0.00000144. The molecule has 0 fully saturated rings. The molecule has 0 aromatic heterocycles. The summed E-state index contributed by atoms with van der Waals surface area (Å²) in [4.78, 5) is 9.97. The molecule has 0 radical (unpaired) electrons. The molecule has 3 nitrogen and oxygen atoms in total. The summed E-state index contributed by atoms with van der Waals surface area (Å²) in [7, 11) is 0. The fourth-order valence-electron chi connectivity index (χ4n) is 0.757. The summed E-state index contributed by atoms with van der Waals surface area (Å²) in [6.07, 6.45) is -1.63. The molecule has 1 aromatic rings. The van der Waals surface area contributed by atoms with Crippen molar-refractivity contribution in [1.29, 1.82) is 0 Å². The molecule has 0 spiro atoms. The minimum atomic E-state index is -1.63. The molecule has 1 atom stereocenters. The largest absolute Gasteiger partial charge is 1.00 e. The average molecular weight is 209 g/mol. The quantitative estimate of drug-likeness (QED) is 0.330. The molecule has 0 aliphatic rings. The molecule has 0 heterocycles. The van der Waals surface area contributed by atoms with E-state index >= 15 is 0 Å². The van der Waals surface area contributed by atoms with Crippen LogP contribution in [0.2, 0.25) is 0 Å². The van der Waals surface area contributed by atoms with E-state index in [2.05, 4.69) is 4.74 Å². The number of benzene rings is 1. The van der Waals surface area contributed by atoms with Crippen LogP contribution in [0.3, 0.4) is 0 Å². The van der Waals surface area contributed by atoms with E-state index in [4.69, 9.17) is 11.6 Å². The molecule has 5 heteroatoms. The van der Waals surface area contributed by atoms with Crippen LogP contribution in [0.15, 0.2) is 30.3 Å². The van der Waals surface area contributed by atoms with Gasteiger partial charge in [-0.25, -0.2) is 0 Å². The van der Waals surface area contributed by atoms with Crippen molar-refractivity contribution in [2.75, 3.05) is 0 Å². The molecule has 1 unspecified atom stereocenters. The second-order valence-corrected chi connectivity index (χ2v) is 2.49. The van der Waals surface area contributed by atoms with Crippen molar-refractivity contribution in [2.45, 2.75) is 5.56 Å². The first-order valence-electron chi connectivity index (χ1n) is 3.27. The van der Waals surface area contributed by atoms with Gasteiger partial charge < -0.3 is 14.6 Å². The molecule has 0 aliphatic carbocycles. The molecule has 64 valence electrons. The monoisotopic (exact) mass is 208 g/mol. The van der Waals surface area contributed by atoms with Crippen molar-refractivity contribution in [3.63, 3.8) is 0 Å². The topological polar surface area (TPSA) is 49.4 Å². The normalized spacial score (nSPS) is 11.2. The van der Waals surface area contributed by atoms with Gasteiger partial charge in [0.05, 0.1) is 0 Å². The zero-order chi connectivity index (χ0) is 8.97. The van der Waals surface area contributed by atoms with Crippen LogP contribution in [0.5, 0.6) is 0 Å². The number of carbonyl (C=O) groups is 1. The van der Waals surface area contributed by atoms with Gasteiger partial charge in [-0.2, -0.15) is 0 Å². The van der Waals surface area contributed by atoms with Crippen molar-refractivity contribution in [3.05, 3.63) is 35.9 Å². The van der Waals surface area contributed by atoms with Crippen LogP contribution in [0.4, 0.5) is 4.79 Å². The summed E-state index contributed by atoms with van der Waals surface area (Å²) >= 11 is 5.56. The Bertz CT molecular complexity index is 265. The van der Waals surface area contributed by atoms with Crippen LogP contribution in [0, 0.1) is 0 Å². The molecule has 0 aliphatic heterocycles. The second kappa shape index (κ2) is 6.27. The van der Waals surface area contributed by atoms with Gasteiger partial charge in [0.2, 0.25) is 0 Å². The van der Waals surface area contributed by atoms with Gasteiger partial charge in [0.25, 0.3) is 6.16 Å². The van der Waals surface area contributed by atoms with Crippen LogP contribution in [0.25, 0.3) is 0 Å². The minimum absolute atomic E-state index is 0. The van der Waals surface area contributed by atoms with Crippen LogP contribution >= 0.6 is 11.6 Å². The summed E-state index contributed by atoms with van der Waals surface area (Å²) < 4.78 is 4.21. The number of rotatable bonds is 2. The van der Waals surface area contributed by atoms with Gasteiger partial charge in [-0.1, -0.05) is 41.9 Å². The zero-order valence-corrected chi connectivity index (χ0v) is 9.82. The molecule has 1 aromatic carbocycles. The summed E-state index contributed by atoms with van der Waals surface area (Å²) in [5, 5.41) is 9.97. The molecule has 0 saturated heterocycles. The smallest absolute Gasteiger partial charge is 0.526 e. The van der Waals surface area contributed by atoms with Gasteiger partial charge in [-0.15, -0.1) is 0 Å². The van der Waals surface area contributed by atoms with Crippen LogP contribution in [-0.4, -0.2) is 6.16 Å². The predicted octanol–water partition coefficient (Wildman–Crippen LogP) is -1.71. The van der Waals surface area contributed by atoms with Crippen molar-refractivity contribution in [1.82, 2.24) is 0 Å². The molecule has 0 bridgehead atoms. The second-order valence-electron chi connectivity index (χ2n) is 2.09. The number of carboxylic acid groups (broad SMARTS) is 1. The maximum atomic E-state index is 9.97. The zero-order valence-electron chi connectivity index (χ0n) is 7.07. The number of alkyl halides is 1. The van der Waals surface area contributed by atoms with Crippen molar-refractivity contribution >= 4 is 17.8 Å². The summed E-state index contributed by atoms with van der Waals surface area (Å²) in [6.45, 7) is 0. The number of carbonyl (C=O) groups excluding carboxylic acids is 1. The number of hydrogen-bond acceptors (Lipinski definition) is 3. The van der Waals surface area contributed by atoms with Crippen LogP contribution in [0.1, 0.15) is 11.1 Å². The van der Waals surface area contributed by atoms with E-state index in [1.54, 1.807) is 30.3 Å². The SMILES string of the molecule is O=C([O-])OC(Cl)c1ccccc1.[Na+]. The van der Waals surface area contributed by atoms with Crippen LogP contribution in [-0.2, 0) is 4.74 Å². The average Bonchev–Trinajstić information content (AvgIpc) is 2.05. The van der Waals surface area contributed by atoms with Gasteiger partial charge >= 0.3 is 29.6 Å². The standard InChI is InChI=1S/C8H7ClO3.Na/c9-7(12-8(10)11)6-4-2-1-3-5-6;/h1-5,7H,(H,10,11);/q;+1/p-1. The van der Waals surface area contributed by atoms with Gasteiger partial charge in [0, 0.05) is 0 Å². The summed E-state index contributed by atoms with van der Waals surface area (Å²) in [5.41, 5.74) is -0.403. The fourth-order valence-corrected chi connectivity index (χ4v) is 0.975. The summed E-state index contributed by atoms with van der Waals surface area (Å²) in [6, 6.07) is 8.61. The molecule has 0 saturated carbocycles. The maximum absolute atomic E-state index is 9.97. The Morgan fingerprint density at radius 1 is 1.38 bits per heavy atom. The molecule has 13 heavy (non-hydrogen) atoms. The Labute approximate surface area is 103 Å². The van der Waals surface area contributed by atoms with E-state index in [9.17, 15) is 9.90 Å². The third-order valence-electron chi connectivity index (χ3n) is 1.26.